The van der Waals surface area contributed by atoms with Crippen LogP contribution in [0.2, 0.25) is 0 Å². The number of anilines is 1. The van der Waals surface area contributed by atoms with E-state index in [0.29, 0.717) is 25.1 Å². The Morgan fingerprint density at radius 2 is 1.82 bits per heavy atom. The summed E-state index contributed by atoms with van der Waals surface area (Å²) in [5, 5.41) is 12.2. The Morgan fingerprint density at radius 1 is 1.14 bits per heavy atom. The summed E-state index contributed by atoms with van der Waals surface area (Å²) in [5.41, 5.74) is 2.47. The maximum atomic E-state index is 12.1. The van der Waals surface area contributed by atoms with Gasteiger partial charge in [0, 0.05) is 26.6 Å². The number of hydrogen-bond donors (Lipinski definition) is 1. The quantitative estimate of drug-likeness (QED) is 0.890. The highest BCUT2D eigenvalue weighted by molar-refractivity contribution is 5.76. The summed E-state index contributed by atoms with van der Waals surface area (Å²) < 4.78 is 0. The second-order valence-corrected chi connectivity index (χ2v) is 5.07. The zero-order valence-electron chi connectivity index (χ0n) is 12.6. The van der Waals surface area contributed by atoms with Crippen molar-refractivity contribution in [3.05, 3.63) is 65.7 Å². The molecule has 4 nitrogen and oxygen atoms in total. The molecule has 2 aromatic rings. The van der Waals surface area contributed by atoms with Crippen molar-refractivity contribution in [1.29, 1.82) is 5.26 Å². The zero-order valence-corrected chi connectivity index (χ0v) is 12.6. The fourth-order valence-corrected chi connectivity index (χ4v) is 2.18. The molecule has 2 aromatic carbocycles. The smallest absolute Gasteiger partial charge is 0.224 e. The van der Waals surface area contributed by atoms with Crippen LogP contribution in [0.5, 0.6) is 0 Å². The van der Waals surface area contributed by atoms with Crippen LogP contribution in [0.4, 0.5) is 5.69 Å². The number of carbonyl (C=O) groups excluding carboxylic acids is 1. The Balaban J connectivity index is 1.81. The van der Waals surface area contributed by atoms with E-state index in [0.717, 1.165) is 11.3 Å². The Morgan fingerprint density at radius 3 is 2.55 bits per heavy atom. The Hall–Kier alpha value is -2.80. The van der Waals surface area contributed by atoms with Gasteiger partial charge >= 0.3 is 0 Å². The SMILES string of the molecule is CN(Cc1ccccc1)C(=O)CCNc1ccccc1C#N. The number of hydrogen-bond acceptors (Lipinski definition) is 3. The molecule has 0 fully saturated rings. The van der Waals surface area contributed by atoms with Gasteiger partial charge in [0.2, 0.25) is 5.91 Å². The molecule has 0 aliphatic rings. The van der Waals surface area contributed by atoms with Crippen molar-refractivity contribution in [3.8, 4) is 6.07 Å². The predicted octanol–water partition coefficient (Wildman–Crippen LogP) is 3.02. The van der Waals surface area contributed by atoms with E-state index in [-0.39, 0.29) is 5.91 Å². The molecule has 1 N–H and O–H groups in total. The van der Waals surface area contributed by atoms with Crippen molar-refractivity contribution >= 4 is 11.6 Å². The number of nitrogens with zero attached hydrogens (tertiary/aromatic N) is 2. The lowest BCUT2D eigenvalue weighted by Gasteiger charge is -2.17. The van der Waals surface area contributed by atoms with Crippen LogP contribution in [0.15, 0.2) is 54.6 Å². The molecule has 0 atom stereocenters. The largest absolute Gasteiger partial charge is 0.383 e. The van der Waals surface area contributed by atoms with Gasteiger partial charge in [-0.3, -0.25) is 4.79 Å². The van der Waals surface area contributed by atoms with Gasteiger partial charge in [-0.15, -0.1) is 0 Å². The van der Waals surface area contributed by atoms with E-state index in [1.54, 1.807) is 18.0 Å². The molecule has 1 amide bonds. The second-order valence-electron chi connectivity index (χ2n) is 5.07. The molecule has 112 valence electrons. The highest BCUT2D eigenvalue weighted by Crippen LogP contribution is 2.13. The zero-order chi connectivity index (χ0) is 15.8. The average molecular weight is 293 g/mol. The summed E-state index contributed by atoms with van der Waals surface area (Å²) in [6.07, 6.45) is 0.392. The van der Waals surface area contributed by atoms with Crippen molar-refractivity contribution in [1.82, 2.24) is 4.90 Å². The summed E-state index contributed by atoms with van der Waals surface area (Å²) in [4.78, 5) is 13.8. The average Bonchev–Trinajstić information content (AvgIpc) is 2.56. The molecule has 0 bridgehead atoms. The van der Waals surface area contributed by atoms with E-state index in [1.807, 2.05) is 48.5 Å². The molecule has 0 saturated carbocycles. The van der Waals surface area contributed by atoms with Crippen LogP contribution in [0, 0.1) is 11.3 Å². The first kappa shape index (κ1) is 15.6. The lowest BCUT2D eigenvalue weighted by Crippen LogP contribution is -2.27. The van der Waals surface area contributed by atoms with Crippen LogP contribution >= 0.6 is 0 Å². The van der Waals surface area contributed by atoms with Crippen LogP contribution in [-0.2, 0) is 11.3 Å². The number of rotatable bonds is 6. The van der Waals surface area contributed by atoms with Gasteiger partial charge in [0.1, 0.15) is 6.07 Å². The van der Waals surface area contributed by atoms with Gasteiger partial charge in [0.05, 0.1) is 11.3 Å². The minimum absolute atomic E-state index is 0.0748. The van der Waals surface area contributed by atoms with Gasteiger partial charge in [0.25, 0.3) is 0 Å². The van der Waals surface area contributed by atoms with Crippen molar-refractivity contribution in [2.24, 2.45) is 0 Å². The Bertz CT molecular complexity index is 662. The summed E-state index contributed by atoms with van der Waals surface area (Å²) in [7, 11) is 1.80. The molecular weight excluding hydrogens is 274 g/mol. The highest BCUT2D eigenvalue weighted by Gasteiger charge is 2.09. The number of nitriles is 1. The fourth-order valence-electron chi connectivity index (χ4n) is 2.18. The van der Waals surface area contributed by atoms with Gasteiger partial charge in [0.15, 0.2) is 0 Å². The van der Waals surface area contributed by atoms with Gasteiger partial charge in [-0.05, 0) is 17.7 Å². The van der Waals surface area contributed by atoms with Gasteiger partial charge in [-0.2, -0.15) is 5.26 Å². The summed E-state index contributed by atoms with van der Waals surface area (Å²) in [6.45, 7) is 1.12. The highest BCUT2D eigenvalue weighted by atomic mass is 16.2. The second kappa shape index (κ2) is 7.84. The lowest BCUT2D eigenvalue weighted by molar-refractivity contribution is -0.130. The number of amides is 1. The molecular formula is C18H19N3O. The molecule has 0 heterocycles. The number of nitrogens with one attached hydrogen (secondary N) is 1. The van der Waals surface area contributed by atoms with Crippen molar-refractivity contribution in [2.45, 2.75) is 13.0 Å². The normalized spacial score (nSPS) is 9.82. The first-order valence-corrected chi connectivity index (χ1v) is 7.21. The minimum atomic E-state index is 0.0748. The molecule has 0 aliphatic carbocycles. The van der Waals surface area contributed by atoms with Crippen LogP contribution in [-0.4, -0.2) is 24.4 Å². The Kier molecular flexibility index (Phi) is 5.56. The molecule has 0 spiro atoms. The van der Waals surface area contributed by atoms with E-state index in [4.69, 9.17) is 5.26 Å². The molecule has 0 unspecified atom stereocenters. The van der Waals surface area contributed by atoms with Gasteiger partial charge in [-0.25, -0.2) is 0 Å². The fraction of sp³-hybridized carbons (Fsp3) is 0.222. The van der Waals surface area contributed by atoms with E-state index in [2.05, 4.69) is 11.4 Å². The van der Waals surface area contributed by atoms with E-state index in [1.165, 1.54) is 0 Å². The molecule has 4 heteroatoms. The Labute approximate surface area is 131 Å². The van der Waals surface area contributed by atoms with Gasteiger partial charge < -0.3 is 10.2 Å². The summed E-state index contributed by atoms with van der Waals surface area (Å²) >= 11 is 0. The summed E-state index contributed by atoms with van der Waals surface area (Å²) in [6, 6.07) is 19.3. The third kappa shape index (κ3) is 4.35. The number of para-hydroxylation sites is 1. The van der Waals surface area contributed by atoms with Crippen LogP contribution in [0.25, 0.3) is 0 Å². The van der Waals surface area contributed by atoms with Crippen molar-refractivity contribution in [2.75, 3.05) is 18.9 Å². The monoisotopic (exact) mass is 293 g/mol. The predicted molar refractivity (Wildman–Crippen MR) is 87.2 cm³/mol. The first-order valence-electron chi connectivity index (χ1n) is 7.21. The topological polar surface area (TPSA) is 56.1 Å². The lowest BCUT2D eigenvalue weighted by atomic mass is 10.2. The standard InChI is InChI=1S/C18H19N3O/c1-21(14-15-7-3-2-4-8-15)18(22)11-12-20-17-10-6-5-9-16(17)13-19/h2-10,20H,11-12,14H2,1H3. The molecule has 0 saturated heterocycles. The van der Waals surface area contributed by atoms with E-state index < -0.39 is 0 Å². The maximum absolute atomic E-state index is 12.1. The third-order valence-electron chi connectivity index (χ3n) is 3.39. The molecule has 0 aromatic heterocycles. The third-order valence-corrected chi connectivity index (χ3v) is 3.39. The maximum Gasteiger partial charge on any atom is 0.224 e. The van der Waals surface area contributed by atoms with E-state index in [9.17, 15) is 4.79 Å². The molecule has 0 radical (unpaired) electrons. The molecule has 2 rings (SSSR count). The minimum Gasteiger partial charge on any atom is -0.383 e. The van der Waals surface area contributed by atoms with Crippen molar-refractivity contribution < 1.29 is 4.79 Å². The number of carbonyl (C=O) groups is 1. The van der Waals surface area contributed by atoms with Gasteiger partial charge in [-0.1, -0.05) is 42.5 Å². The molecule has 22 heavy (non-hydrogen) atoms. The first-order chi connectivity index (χ1) is 10.7. The van der Waals surface area contributed by atoms with Crippen LogP contribution in [0.1, 0.15) is 17.5 Å². The van der Waals surface area contributed by atoms with Crippen molar-refractivity contribution in [3.63, 3.8) is 0 Å². The summed E-state index contributed by atoms with van der Waals surface area (Å²) in [5.74, 6) is 0.0748. The van der Waals surface area contributed by atoms with E-state index >= 15 is 0 Å². The van der Waals surface area contributed by atoms with Crippen LogP contribution in [0.3, 0.4) is 0 Å². The van der Waals surface area contributed by atoms with Crippen LogP contribution < -0.4 is 5.32 Å². The molecule has 0 aliphatic heterocycles. The number of benzene rings is 2.